The molecule has 3 heteroatoms. The Bertz CT molecular complexity index is 345. The first-order valence-corrected chi connectivity index (χ1v) is 5.54. The highest BCUT2D eigenvalue weighted by Gasteiger charge is 2.40. The molecule has 0 aromatic heterocycles. The third kappa shape index (κ3) is 2.05. The Balaban J connectivity index is 2.14. The van der Waals surface area contributed by atoms with Crippen molar-refractivity contribution >= 4 is 23.2 Å². The highest BCUT2D eigenvalue weighted by Crippen LogP contribution is 2.38. The number of rotatable bonds is 3. The first-order valence-electron chi connectivity index (χ1n) is 4.78. The van der Waals surface area contributed by atoms with E-state index >= 15 is 0 Å². The molecule has 1 aliphatic carbocycles. The second-order valence-corrected chi connectivity index (χ2v) is 4.77. The molecule has 0 heterocycles. The standard InChI is InChI=1S/C11H13Cl2N/c1-14-11(4-5-11)7-8-2-3-9(12)10(13)6-8/h2-3,6,14H,4-5,7H2,1H3. The summed E-state index contributed by atoms with van der Waals surface area (Å²) in [6, 6.07) is 5.87. The van der Waals surface area contributed by atoms with E-state index in [0.717, 1.165) is 6.42 Å². The average Bonchev–Trinajstić information content (AvgIpc) is 2.93. The van der Waals surface area contributed by atoms with E-state index in [0.29, 0.717) is 15.6 Å². The van der Waals surface area contributed by atoms with Gasteiger partial charge in [-0.15, -0.1) is 0 Å². The summed E-state index contributed by atoms with van der Waals surface area (Å²) in [5, 5.41) is 4.64. The molecule has 0 radical (unpaired) electrons. The summed E-state index contributed by atoms with van der Waals surface area (Å²) in [7, 11) is 2.02. The zero-order valence-corrected chi connectivity index (χ0v) is 9.62. The molecule has 1 N–H and O–H groups in total. The lowest BCUT2D eigenvalue weighted by Gasteiger charge is -2.14. The van der Waals surface area contributed by atoms with E-state index in [1.165, 1.54) is 18.4 Å². The van der Waals surface area contributed by atoms with Gasteiger partial charge in [-0.1, -0.05) is 29.3 Å². The number of benzene rings is 1. The van der Waals surface area contributed by atoms with Crippen LogP contribution < -0.4 is 5.32 Å². The predicted molar refractivity (Wildman–Crippen MR) is 61.2 cm³/mol. The van der Waals surface area contributed by atoms with Crippen LogP contribution in [0.2, 0.25) is 10.0 Å². The fourth-order valence-electron chi connectivity index (χ4n) is 1.71. The molecule has 0 aliphatic heterocycles. The van der Waals surface area contributed by atoms with Gasteiger partial charge in [0.05, 0.1) is 10.0 Å². The van der Waals surface area contributed by atoms with Crippen molar-refractivity contribution < 1.29 is 0 Å². The van der Waals surface area contributed by atoms with E-state index in [2.05, 4.69) is 5.32 Å². The van der Waals surface area contributed by atoms with Crippen LogP contribution in [0, 0.1) is 0 Å². The molecule has 0 atom stereocenters. The fraction of sp³-hybridized carbons (Fsp3) is 0.455. The van der Waals surface area contributed by atoms with E-state index in [1.54, 1.807) is 0 Å². The van der Waals surface area contributed by atoms with Crippen LogP contribution in [-0.4, -0.2) is 12.6 Å². The van der Waals surface area contributed by atoms with Gasteiger partial charge in [-0.2, -0.15) is 0 Å². The molecule has 76 valence electrons. The molecular weight excluding hydrogens is 217 g/mol. The Labute approximate surface area is 94.4 Å². The maximum Gasteiger partial charge on any atom is 0.0595 e. The van der Waals surface area contributed by atoms with Crippen LogP contribution >= 0.6 is 23.2 Å². The second-order valence-electron chi connectivity index (χ2n) is 3.96. The Kier molecular flexibility index (Phi) is 2.74. The Morgan fingerprint density at radius 2 is 2.00 bits per heavy atom. The SMILES string of the molecule is CNC1(Cc2ccc(Cl)c(Cl)c2)CC1. The molecule has 1 aromatic carbocycles. The molecule has 0 unspecified atom stereocenters. The minimum Gasteiger partial charge on any atom is -0.314 e. The van der Waals surface area contributed by atoms with Crippen LogP contribution in [-0.2, 0) is 6.42 Å². The van der Waals surface area contributed by atoms with E-state index in [4.69, 9.17) is 23.2 Å². The van der Waals surface area contributed by atoms with Crippen molar-refractivity contribution in [2.24, 2.45) is 0 Å². The summed E-state index contributed by atoms with van der Waals surface area (Å²) in [5.74, 6) is 0. The van der Waals surface area contributed by atoms with Crippen LogP contribution in [0.15, 0.2) is 18.2 Å². The number of likely N-dealkylation sites (N-methyl/N-ethyl adjacent to an activating group) is 1. The van der Waals surface area contributed by atoms with Gasteiger partial charge in [0.1, 0.15) is 0 Å². The van der Waals surface area contributed by atoms with Crippen molar-refractivity contribution in [1.82, 2.24) is 5.32 Å². The lowest BCUT2D eigenvalue weighted by atomic mass is 10.0. The topological polar surface area (TPSA) is 12.0 Å². The quantitative estimate of drug-likeness (QED) is 0.840. The summed E-state index contributed by atoms with van der Waals surface area (Å²) in [6.45, 7) is 0. The largest absolute Gasteiger partial charge is 0.314 e. The van der Waals surface area contributed by atoms with Gasteiger partial charge in [-0.25, -0.2) is 0 Å². The molecule has 1 saturated carbocycles. The van der Waals surface area contributed by atoms with Gasteiger partial charge in [0.15, 0.2) is 0 Å². The highest BCUT2D eigenvalue weighted by molar-refractivity contribution is 6.42. The van der Waals surface area contributed by atoms with E-state index < -0.39 is 0 Å². The van der Waals surface area contributed by atoms with Gasteiger partial charge in [0.2, 0.25) is 0 Å². The molecule has 0 bridgehead atoms. The molecule has 0 saturated heterocycles. The van der Waals surface area contributed by atoms with Crippen LogP contribution in [0.5, 0.6) is 0 Å². The Morgan fingerprint density at radius 1 is 1.29 bits per heavy atom. The Morgan fingerprint density at radius 3 is 2.50 bits per heavy atom. The minimum absolute atomic E-state index is 0.331. The molecule has 0 spiro atoms. The molecule has 1 aliphatic rings. The van der Waals surface area contributed by atoms with Crippen LogP contribution in [0.25, 0.3) is 0 Å². The normalized spacial score (nSPS) is 18.2. The van der Waals surface area contributed by atoms with Crippen molar-refractivity contribution in [3.8, 4) is 0 Å². The van der Waals surface area contributed by atoms with Gasteiger partial charge >= 0.3 is 0 Å². The maximum atomic E-state index is 5.95. The van der Waals surface area contributed by atoms with E-state index in [9.17, 15) is 0 Å². The van der Waals surface area contributed by atoms with Crippen molar-refractivity contribution in [3.63, 3.8) is 0 Å². The lowest BCUT2D eigenvalue weighted by Crippen LogP contribution is -2.29. The third-order valence-electron chi connectivity index (χ3n) is 2.91. The molecule has 0 amide bonds. The average molecular weight is 230 g/mol. The summed E-state index contributed by atoms with van der Waals surface area (Å²) in [5.41, 5.74) is 1.59. The number of nitrogens with one attached hydrogen (secondary N) is 1. The van der Waals surface area contributed by atoms with Gasteiger partial charge in [-0.05, 0) is 44.0 Å². The summed E-state index contributed by atoms with van der Waals surface area (Å²) in [6.07, 6.45) is 3.55. The minimum atomic E-state index is 0.331. The summed E-state index contributed by atoms with van der Waals surface area (Å²) in [4.78, 5) is 0. The summed E-state index contributed by atoms with van der Waals surface area (Å²) >= 11 is 11.8. The number of halogens is 2. The lowest BCUT2D eigenvalue weighted by molar-refractivity contribution is 0.549. The van der Waals surface area contributed by atoms with Gasteiger partial charge in [-0.3, -0.25) is 0 Å². The number of hydrogen-bond donors (Lipinski definition) is 1. The maximum absolute atomic E-state index is 5.95. The first-order chi connectivity index (χ1) is 6.65. The second kappa shape index (κ2) is 3.73. The van der Waals surface area contributed by atoms with Crippen LogP contribution in [0.3, 0.4) is 0 Å². The first kappa shape index (κ1) is 10.3. The van der Waals surface area contributed by atoms with Gasteiger partial charge < -0.3 is 5.32 Å². The summed E-state index contributed by atoms with van der Waals surface area (Å²) < 4.78 is 0. The van der Waals surface area contributed by atoms with E-state index in [-0.39, 0.29) is 0 Å². The molecular formula is C11H13Cl2N. The zero-order valence-electron chi connectivity index (χ0n) is 8.11. The van der Waals surface area contributed by atoms with Crippen molar-refractivity contribution in [3.05, 3.63) is 33.8 Å². The van der Waals surface area contributed by atoms with Crippen molar-refractivity contribution in [2.45, 2.75) is 24.8 Å². The highest BCUT2D eigenvalue weighted by atomic mass is 35.5. The number of hydrogen-bond acceptors (Lipinski definition) is 1. The Hall–Kier alpha value is -0.240. The predicted octanol–water partition coefficient (Wildman–Crippen LogP) is 3.29. The molecule has 1 aromatic rings. The molecule has 14 heavy (non-hydrogen) atoms. The van der Waals surface area contributed by atoms with Crippen LogP contribution in [0.4, 0.5) is 0 Å². The van der Waals surface area contributed by atoms with Gasteiger partial charge in [0, 0.05) is 5.54 Å². The van der Waals surface area contributed by atoms with E-state index in [1.807, 2.05) is 25.2 Å². The molecule has 1 nitrogen and oxygen atoms in total. The molecule has 2 rings (SSSR count). The van der Waals surface area contributed by atoms with Crippen molar-refractivity contribution in [1.29, 1.82) is 0 Å². The van der Waals surface area contributed by atoms with Crippen molar-refractivity contribution in [2.75, 3.05) is 7.05 Å². The smallest absolute Gasteiger partial charge is 0.0595 e. The third-order valence-corrected chi connectivity index (χ3v) is 3.65. The monoisotopic (exact) mass is 229 g/mol. The fourth-order valence-corrected chi connectivity index (χ4v) is 2.03. The van der Waals surface area contributed by atoms with Gasteiger partial charge in [0.25, 0.3) is 0 Å². The molecule has 1 fully saturated rings. The van der Waals surface area contributed by atoms with Crippen LogP contribution in [0.1, 0.15) is 18.4 Å². The zero-order chi connectivity index (χ0) is 10.2.